The molecule has 0 unspecified atom stereocenters. The van der Waals surface area contributed by atoms with Crippen LogP contribution in [0.2, 0.25) is 0 Å². The molecule has 1 aromatic heterocycles. The molecule has 6 nitrogen and oxygen atoms in total. The number of aromatic nitrogens is 1. The number of nitrogens with zero attached hydrogens (tertiary/aromatic N) is 2. The molecule has 2 heterocycles. The third-order valence-electron chi connectivity index (χ3n) is 4.74. The molecule has 140 valence electrons. The highest BCUT2D eigenvalue weighted by molar-refractivity contribution is 5.91. The van der Waals surface area contributed by atoms with Crippen molar-refractivity contribution in [2.24, 2.45) is 5.92 Å². The second-order valence-corrected chi connectivity index (χ2v) is 7.13. The molecule has 0 aliphatic carbocycles. The molecule has 26 heavy (non-hydrogen) atoms. The van der Waals surface area contributed by atoms with E-state index in [1.807, 2.05) is 23.1 Å². The third-order valence-corrected chi connectivity index (χ3v) is 4.74. The molecular weight excluding hydrogens is 332 g/mol. The molecule has 0 N–H and O–H groups in total. The van der Waals surface area contributed by atoms with Crippen LogP contribution in [0.1, 0.15) is 48.0 Å². The van der Waals surface area contributed by atoms with Crippen molar-refractivity contribution in [3.8, 4) is 11.5 Å². The van der Waals surface area contributed by atoms with Crippen LogP contribution < -0.4 is 9.47 Å². The molecule has 0 bridgehead atoms. The van der Waals surface area contributed by atoms with Crippen LogP contribution >= 0.6 is 0 Å². The summed E-state index contributed by atoms with van der Waals surface area (Å²) in [4.78, 5) is 14.6. The first-order chi connectivity index (χ1) is 12.5. The lowest BCUT2D eigenvalue weighted by Crippen LogP contribution is -2.28. The van der Waals surface area contributed by atoms with E-state index in [4.69, 9.17) is 14.0 Å². The van der Waals surface area contributed by atoms with Crippen molar-refractivity contribution in [3.63, 3.8) is 0 Å². The zero-order valence-electron chi connectivity index (χ0n) is 15.8. The van der Waals surface area contributed by atoms with Gasteiger partial charge < -0.3 is 18.9 Å². The fourth-order valence-corrected chi connectivity index (χ4v) is 3.44. The van der Waals surface area contributed by atoms with Crippen molar-refractivity contribution in [3.05, 3.63) is 41.3 Å². The predicted molar refractivity (Wildman–Crippen MR) is 97.9 cm³/mol. The van der Waals surface area contributed by atoms with Gasteiger partial charge in [-0.25, -0.2) is 0 Å². The van der Waals surface area contributed by atoms with Gasteiger partial charge in [0.15, 0.2) is 0 Å². The first-order valence-electron chi connectivity index (χ1n) is 8.98. The molecule has 1 aliphatic heterocycles. The molecule has 6 heteroatoms. The summed E-state index contributed by atoms with van der Waals surface area (Å²) in [6, 6.07) is 7.55. The molecule has 1 amide bonds. The van der Waals surface area contributed by atoms with Crippen molar-refractivity contribution in [1.82, 2.24) is 10.1 Å². The second kappa shape index (κ2) is 7.81. The zero-order chi connectivity index (χ0) is 18.7. The Bertz CT molecular complexity index is 769. The summed E-state index contributed by atoms with van der Waals surface area (Å²) in [7, 11) is 3.31. The van der Waals surface area contributed by atoms with E-state index in [2.05, 4.69) is 19.0 Å². The Labute approximate surface area is 154 Å². The summed E-state index contributed by atoms with van der Waals surface area (Å²) >= 11 is 0. The lowest BCUT2D eigenvalue weighted by Gasteiger charge is -2.17. The number of rotatable bonds is 6. The largest absolute Gasteiger partial charge is 0.497 e. The Balaban J connectivity index is 1.72. The van der Waals surface area contributed by atoms with Gasteiger partial charge in [-0.1, -0.05) is 19.0 Å². The number of benzene rings is 1. The van der Waals surface area contributed by atoms with Gasteiger partial charge in [-0.2, -0.15) is 0 Å². The highest BCUT2D eigenvalue weighted by Gasteiger charge is 2.31. The SMILES string of the molecule is COc1ccc(OC)c([C@H]2CCN(C(=O)c3cc(CC(C)C)no3)C2)c1. The number of hydrogen-bond donors (Lipinski definition) is 0. The fraction of sp³-hybridized carbons (Fsp3) is 0.500. The Morgan fingerprint density at radius 3 is 2.81 bits per heavy atom. The van der Waals surface area contributed by atoms with Crippen LogP contribution in [0.25, 0.3) is 0 Å². The molecule has 0 saturated carbocycles. The first kappa shape index (κ1) is 18.3. The normalized spacial score (nSPS) is 17.0. The summed E-state index contributed by atoms with van der Waals surface area (Å²) in [5.74, 6) is 2.51. The molecule has 1 saturated heterocycles. The van der Waals surface area contributed by atoms with Crippen LogP contribution in [0.15, 0.2) is 28.8 Å². The quantitative estimate of drug-likeness (QED) is 0.790. The van der Waals surface area contributed by atoms with Crippen LogP contribution in [-0.2, 0) is 6.42 Å². The van der Waals surface area contributed by atoms with Gasteiger partial charge in [0.05, 0.1) is 19.9 Å². The molecule has 1 aliphatic rings. The van der Waals surface area contributed by atoms with E-state index in [1.54, 1.807) is 20.3 Å². The number of ether oxygens (including phenoxy) is 2. The van der Waals surface area contributed by atoms with Crippen LogP contribution in [0.4, 0.5) is 0 Å². The summed E-state index contributed by atoms with van der Waals surface area (Å²) in [5.41, 5.74) is 1.90. The molecule has 1 aromatic carbocycles. The highest BCUT2D eigenvalue weighted by Crippen LogP contribution is 2.36. The van der Waals surface area contributed by atoms with Crippen LogP contribution in [0.5, 0.6) is 11.5 Å². The highest BCUT2D eigenvalue weighted by atomic mass is 16.5. The van der Waals surface area contributed by atoms with Gasteiger partial charge in [0, 0.05) is 30.6 Å². The van der Waals surface area contributed by atoms with Crippen molar-refractivity contribution in [1.29, 1.82) is 0 Å². The van der Waals surface area contributed by atoms with Gasteiger partial charge in [-0.05, 0) is 37.0 Å². The molecule has 1 atom stereocenters. The predicted octanol–water partition coefficient (Wildman–Crippen LogP) is 3.52. The Morgan fingerprint density at radius 2 is 2.12 bits per heavy atom. The number of carbonyl (C=O) groups excluding carboxylic acids is 1. The van der Waals surface area contributed by atoms with E-state index in [-0.39, 0.29) is 11.8 Å². The van der Waals surface area contributed by atoms with Gasteiger partial charge in [-0.15, -0.1) is 0 Å². The molecule has 0 spiro atoms. The average Bonchev–Trinajstić information content (AvgIpc) is 3.29. The van der Waals surface area contributed by atoms with Crippen molar-refractivity contribution in [2.75, 3.05) is 27.3 Å². The maximum absolute atomic E-state index is 12.7. The molecule has 2 aromatic rings. The molecule has 0 radical (unpaired) electrons. The Morgan fingerprint density at radius 1 is 1.31 bits per heavy atom. The van der Waals surface area contributed by atoms with Gasteiger partial charge in [0.25, 0.3) is 5.91 Å². The van der Waals surface area contributed by atoms with Crippen molar-refractivity contribution < 1.29 is 18.8 Å². The second-order valence-electron chi connectivity index (χ2n) is 7.13. The maximum Gasteiger partial charge on any atom is 0.292 e. The van der Waals surface area contributed by atoms with Gasteiger partial charge in [0.2, 0.25) is 5.76 Å². The third kappa shape index (κ3) is 3.84. The van der Waals surface area contributed by atoms with E-state index >= 15 is 0 Å². The molecule has 3 rings (SSSR count). The zero-order valence-corrected chi connectivity index (χ0v) is 15.8. The summed E-state index contributed by atoms with van der Waals surface area (Å²) in [6.45, 7) is 5.54. The molecular formula is C20H26N2O4. The number of likely N-dealkylation sites (tertiary alicyclic amines) is 1. The van der Waals surface area contributed by atoms with Crippen LogP contribution in [0, 0.1) is 5.92 Å². The smallest absolute Gasteiger partial charge is 0.292 e. The van der Waals surface area contributed by atoms with E-state index in [1.165, 1.54) is 0 Å². The maximum atomic E-state index is 12.7. The van der Waals surface area contributed by atoms with Gasteiger partial charge in [0.1, 0.15) is 11.5 Å². The standard InChI is InChI=1S/C20H26N2O4/c1-13(2)9-15-10-19(26-21-15)20(23)22-8-7-14(12-22)17-11-16(24-3)5-6-18(17)25-4/h5-6,10-11,13-14H,7-9,12H2,1-4H3/t14-/m0/s1. The number of methoxy groups -OCH3 is 2. The average molecular weight is 358 g/mol. The Hall–Kier alpha value is -2.50. The lowest BCUT2D eigenvalue weighted by molar-refractivity contribution is 0.0749. The monoisotopic (exact) mass is 358 g/mol. The first-order valence-corrected chi connectivity index (χ1v) is 8.98. The number of amides is 1. The minimum atomic E-state index is -0.100. The Kier molecular flexibility index (Phi) is 5.49. The summed E-state index contributed by atoms with van der Waals surface area (Å²) in [6.07, 6.45) is 1.68. The minimum absolute atomic E-state index is 0.100. The van der Waals surface area contributed by atoms with E-state index < -0.39 is 0 Å². The number of carbonyl (C=O) groups is 1. The van der Waals surface area contributed by atoms with Crippen LogP contribution in [-0.4, -0.2) is 43.3 Å². The minimum Gasteiger partial charge on any atom is -0.497 e. The lowest BCUT2D eigenvalue weighted by atomic mass is 9.97. The van der Waals surface area contributed by atoms with Gasteiger partial charge >= 0.3 is 0 Å². The topological polar surface area (TPSA) is 64.8 Å². The van der Waals surface area contributed by atoms with Gasteiger partial charge in [-0.3, -0.25) is 4.79 Å². The van der Waals surface area contributed by atoms with Crippen molar-refractivity contribution in [2.45, 2.75) is 32.6 Å². The summed E-state index contributed by atoms with van der Waals surface area (Å²) < 4.78 is 16.1. The van der Waals surface area contributed by atoms with E-state index in [9.17, 15) is 4.79 Å². The molecule has 1 fully saturated rings. The number of hydrogen-bond acceptors (Lipinski definition) is 5. The van der Waals surface area contributed by atoms with E-state index in [0.717, 1.165) is 35.6 Å². The van der Waals surface area contributed by atoms with Crippen molar-refractivity contribution >= 4 is 5.91 Å². The van der Waals surface area contributed by atoms with E-state index in [0.29, 0.717) is 24.8 Å². The summed E-state index contributed by atoms with van der Waals surface area (Å²) in [5, 5.41) is 4.02. The van der Waals surface area contributed by atoms with Crippen LogP contribution in [0.3, 0.4) is 0 Å². The fourth-order valence-electron chi connectivity index (χ4n) is 3.44.